The van der Waals surface area contributed by atoms with E-state index in [1.165, 1.54) is 12.1 Å². The van der Waals surface area contributed by atoms with E-state index in [2.05, 4.69) is 10.6 Å². The number of halogens is 2. The van der Waals surface area contributed by atoms with Gasteiger partial charge in [-0.25, -0.2) is 8.78 Å². The molecule has 0 saturated carbocycles. The highest BCUT2D eigenvalue weighted by molar-refractivity contribution is 5.26. The molecule has 0 aromatic heterocycles. The topological polar surface area (TPSA) is 24.1 Å². The number of benzene rings is 1. The predicted octanol–water partition coefficient (Wildman–Crippen LogP) is 2.36. The molecule has 0 amide bonds. The van der Waals surface area contributed by atoms with E-state index < -0.39 is 11.6 Å². The van der Waals surface area contributed by atoms with Crippen LogP contribution in [0.15, 0.2) is 12.1 Å². The van der Waals surface area contributed by atoms with Gasteiger partial charge in [0.1, 0.15) is 11.6 Å². The molecule has 0 bridgehead atoms. The van der Waals surface area contributed by atoms with Gasteiger partial charge in [0.2, 0.25) is 0 Å². The van der Waals surface area contributed by atoms with Gasteiger partial charge in [-0.2, -0.15) is 0 Å². The molecule has 0 saturated heterocycles. The monoisotopic (exact) mass is 242 g/mol. The van der Waals surface area contributed by atoms with Crippen LogP contribution in [0.5, 0.6) is 0 Å². The zero-order valence-corrected chi connectivity index (χ0v) is 10.4. The lowest BCUT2D eigenvalue weighted by molar-refractivity contribution is 0.525. The van der Waals surface area contributed by atoms with Gasteiger partial charge in [0.15, 0.2) is 0 Å². The third-order valence-electron chi connectivity index (χ3n) is 2.64. The van der Waals surface area contributed by atoms with Crippen LogP contribution in [0.2, 0.25) is 0 Å². The molecule has 0 heterocycles. The Kier molecular flexibility index (Phi) is 6.08. The van der Waals surface area contributed by atoms with Gasteiger partial charge in [0.25, 0.3) is 0 Å². The molecule has 17 heavy (non-hydrogen) atoms. The molecule has 4 heteroatoms. The summed E-state index contributed by atoms with van der Waals surface area (Å²) < 4.78 is 27.0. The fourth-order valence-corrected chi connectivity index (χ4v) is 1.61. The average molecular weight is 242 g/mol. The van der Waals surface area contributed by atoms with Crippen LogP contribution in [0.4, 0.5) is 8.78 Å². The molecule has 96 valence electrons. The van der Waals surface area contributed by atoms with Crippen molar-refractivity contribution < 1.29 is 8.78 Å². The normalized spacial score (nSPS) is 10.8. The molecule has 0 aliphatic rings. The summed E-state index contributed by atoms with van der Waals surface area (Å²) in [6, 6.07) is 2.77. The van der Waals surface area contributed by atoms with Crippen LogP contribution >= 0.6 is 0 Å². The Morgan fingerprint density at radius 1 is 1.12 bits per heavy atom. The summed E-state index contributed by atoms with van der Waals surface area (Å²) in [5.41, 5.74) is 0.615. The third-order valence-corrected chi connectivity index (χ3v) is 2.64. The van der Waals surface area contributed by atoms with E-state index in [-0.39, 0.29) is 12.1 Å². The van der Waals surface area contributed by atoms with E-state index in [1.807, 2.05) is 6.92 Å². The molecule has 1 rings (SSSR count). The maximum Gasteiger partial charge on any atom is 0.133 e. The van der Waals surface area contributed by atoms with Crippen LogP contribution in [-0.4, -0.2) is 19.6 Å². The molecular formula is C13H20F2N2. The van der Waals surface area contributed by atoms with Crippen molar-refractivity contribution in [1.29, 1.82) is 0 Å². The number of rotatable bonds is 7. The molecule has 0 unspecified atom stereocenters. The minimum Gasteiger partial charge on any atom is -0.317 e. The highest BCUT2D eigenvalue weighted by Crippen LogP contribution is 2.15. The van der Waals surface area contributed by atoms with Crippen molar-refractivity contribution in [3.63, 3.8) is 0 Å². The van der Waals surface area contributed by atoms with E-state index in [0.29, 0.717) is 5.56 Å². The van der Waals surface area contributed by atoms with Crippen molar-refractivity contribution in [2.45, 2.75) is 26.8 Å². The van der Waals surface area contributed by atoms with Gasteiger partial charge >= 0.3 is 0 Å². The summed E-state index contributed by atoms with van der Waals surface area (Å²) in [5, 5.41) is 6.24. The van der Waals surface area contributed by atoms with Crippen LogP contribution in [0.1, 0.15) is 24.5 Å². The van der Waals surface area contributed by atoms with Crippen LogP contribution in [0.25, 0.3) is 0 Å². The summed E-state index contributed by atoms with van der Waals surface area (Å²) in [5.74, 6) is -0.920. The van der Waals surface area contributed by atoms with E-state index in [1.54, 1.807) is 6.92 Å². The van der Waals surface area contributed by atoms with Crippen molar-refractivity contribution in [1.82, 2.24) is 10.6 Å². The summed E-state index contributed by atoms with van der Waals surface area (Å²) >= 11 is 0. The fourth-order valence-electron chi connectivity index (χ4n) is 1.61. The summed E-state index contributed by atoms with van der Waals surface area (Å²) in [6.45, 7) is 6.54. The molecule has 0 aliphatic carbocycles. The molecule has 0 spiro atoms. The Hall–Kier alpha value is -1.00. The van der Waals surface area contributed by atoms with Crippen molar-refractivity contribution in [3.05, 3.63) is 34.9 Å². The molecule has 1 aromatic carbocycles. The largest absolute Gasteiger partial charge is 0.317 e. The van der Waals surface area contributed by atoms with Crippen LogP contribution in [0, 0.1) is 18.6 Å². The summed E-state index contributed by atoms with van der Waals surface area (Å²) in [6.07, 6.45) is 0.947. The lowest BCUT2D eigenvalue weighted by atomic mass is 10.1. The van der Waals surface area contributed by atoms with E-state index in [0.717, 1.165) is 26.1 Å². The Morgan fingerprint density at radius 3 is 2.53 bits per heavy atom. The second-order valence-corrected chi connectivity index (χ2v) is 4.04. The van der Waals surface area contributed by atoms with Gasteiger partial charge in [-0.3, -0.25) is 0 Å². The summed E-state index contributed by atoms with van der Waals surface area (Å²) in [4.78, 5) is 0. The van der Waals surface area contributed by atoms with Gasteiger partial charge < -0.3 is 10.6 Å². The maximum absolute atomic E-state index is 13.6. The minimum atomic E-state index is -0.479. The van der Waals surface area contributed by atoms with Crippen molar-refractivity contribution in [3.8, 4) is 0 Å². The fraction of sp³-hybridized carbons (Fsp3) is 0.538. The van der Waals surface area contributed by atoms with Crippen molar-refractivity contribution >= 4 is 0 Å². The molecule has 0 radical (unpaired) electrons. The van der Waals surface area contributed by atoms with Crippen molar-refractivity contribution in [2.24, 2.45) is 0 Å². The molecular weight excluding hydrogens is 222 g/mol. The van der Waals surface area contributed by atoms with Gasteiger partial charge in [-0.1, -0.05) is 13.0 Å². The standard InChI is InChI=1S/C13H20F2N2/c1-3-16-7-4-8-17-9-11-12(14)6-5-10(2)13(11)15/h5-6,16-17H,3-4,7-9H2,1-2H3. The van der Waals surface area contributed by atoms with Crippen LogP contribution < -0.4 is 10.6 Å². The Balaban J connectivity index is 2.39. The molecule has 0 fully saturated rings. The van der Waals surface area contributed by atoms with E-state index in [9.17, 15) is 8.78 Å². The third kappa shape index (κ3) is 4.40. The Morgan fingerprint density at radius 2 is 1.82 bits per heavy atom. The molecule has 2 N–H and O–H groups in total. The van der Waals surface area contributed by atoms with Gasteiger partial charge in [0.05, 0.1) is 0 Å². The highest BCUT2D eigenvalue weighted by Gasteiger charge is 2.10. The van der Waals surface area contributed by atoms with Crippen molar-refractivity contribution in [2.75, 3.05) is 19.6 Å². The first-order chi connectivity index (χ1) is 8.16. The molecule has 0 aliphatic heterocycles. The zero-order valence-electron chi connectivity index (χ0n) is 10.4. The van der Waals surface area contributed by atoms with Gasteiger partial charge in [-0.15, -0.1) is 0 Å². The quantitative estimate of drug-likeness (QED) is 0.717. The molecule has 0 atom stereocenters. The first-order valence-electron chi connectivity index (χ1n) is 6.01. The Bertz CT molecular complexity index is 354. The smallest absolute Gasteiger partial charge is 0.133 e. The van der Waals surface area contributed by atoms with Gasteiger partial charge in [-0.05, 0) is 44.6 Å². The number of hydrogen-bond donors (Lipinski definition) is 2. The molecule has 2 nitrogen and oxygen atoms in total. The minimum absolute atomic E-state index is 0.133. The maximum atomic E-state index is 13.6. The SMILES string of the molecule is CCNCCCNCc1c(F)ccc(C)c1F. The summed E-state index contributed by atoms with van der Waals surface area (Å²) in [7, 11) is 0. The highest BCUT2D eigenvalue weighted by atomic mass is 19.1. The van der Waals surface area contributed by atoms with Crippen LogP contribution in [0.3, 0.4) is 0 Å². The van der Waals surface area contributed by atoms with Gasteiger partial charge in [0, 0.05) is 12.1 Å². The Labute approximate surface area is 101 Å². The molecule has 1 aromatic rings. The second-order valence-electron chi connectivity index (χ2n) is 4.04. The first kappa shape index (κ1) is 14.1. The average Bonchev–Trinajstić information content (AvgIpc) is 2.32. The van der Waals surface area contributed by atoms with Crippen LogP contribution in [-0.2, 0) is 6.54 Å². The predicted molar refractivity (Wildman–Crippen MR) is 66.0 cm³/mol. The van der Waals surface area contributed by atoms with E-state index >= 15 is 0 Å². The lowest BCUT2D eigenvalue weighted by Crippen LogP contribution is -2.22. The lowest BCUT2D eigenvalue weighted by Gasteiger charge is -2.09. The second kappa shape index (κ2) is 7.35. The van der Waals surface area contributed by atoms with E-state index in [4.69, 9.17) is 0 Å². The number of aryl methyl sites for hydroxylation is 1. The zero-order chi connectivity index (χ0) is 12.7. The number of hydrogen-bond acceptors (Lipinski definition) is 2. The first-order valence-corrected chi connectivity index (χ1v) is 6.01. The number of nitrogens with one attached hydrogen (secondary N) is 2.